The van der Waals surface area contributed by atoms with E-state index in [9.17, 15) is 0 Å². The third kappa shape index (κ3) is 13.0. The maximum atomic E-state index is 4.18. The molecule has 174 valence electrons. The van der Waals surface area contributed by atoms with Crippen molar-refractivity contribution in [1.29, 1.82) is 0 Å². The molecule has 0 fully saturated rings. The van der Waals surface area contributed by atoms with E-state index in [2.05, 4.69) is 132 Å². The quantitative estimate of drug-likeness (QED) is 0.251. The average Bonchev–Trinajstić information content (AvgIpc) is 2.69. The molecule has 31 heavy (non-hydrogen) atoms. The van der Waals surface area contributed by atoms with Gasteiger partial charge in [-0.2, -0.15) is 0 Å². The van der Waals surface area contributed by atoms with E-state index in [1.54, 1.807) is 0 Å². The monoisotopic (exact) mass is 622 g/mol. The molecule has 4 heteroatoms. The van der Waals surface area contributed by atoms with Gasteiger partial charge in [0.1, 0.15) is 0 Å². The van der Waals surface area contributed by atoms with Crippen LogP contribution in [0.25, 0.3) is 0 Å². The molecule has 0 saturated carbocycles. The second-order valence-electron chi connectivity index (χ2n) is 9.75. The van der Waals surface area contributed by atoms with E-state index in [-0.39, 0.29) is 36.9 Å². The van der Waals surface area contributed by atoms with E-state index in [0.717, 1.165) is 0 Å². The smallest absolute Gasteiger partial charge is 0.338 e. The first-order valence-corrected chi connectivity index (χ1v) is 20.2. The molecular formula is C27H39LuSi3. The van der Waals surface area contributed by atoms with Gasteiger partial charge >= 0.3 is 36.9 Å². The van der Waals surface area contributed by atoms with Gasteiger partial charge in [0, 0.05) is 0 Å². The van der Waals surface area contributed by atoms with Crippen molar-refractivity contribution >= 4 is 39.8 Å². The Morgan fingerprint density at radius 3 is 0.645 bits per heavy atom. The van der Waals surface area contributed by atoms with Gasteiger partial charge in [0.15, 0.2) is 0 Å². The molecule has 0 unspecified atom stereocenters. The van der Waals surface area contributed by atoms with Crippen LogP contribution in [0.1, 0.15) is 0 Å². The number of rotatable bonds is 3. The Balaban J connectivity index is 0.000000429. The van der Waals surface area contributed by atoms with Gasteiger partial charge in [-0.05, 0) is 0 Å². The van der Waals surface area contributed by atoms with E-state index >= 15 is 0 Å². The van der Waals surface area contributed by atoms with Gasteiger partial charge < -0.3 is 19.6 Å². The molecule has 0 aliphatic heterocycles. The van der Waals surface area contributed by atoms with Crippen LogP contribution in [0.2, 0.25) is 39.3 Å². The minimum Gasteiger partial charge on any atom is -0.338 e. The summed E-state index contributed by atoms with van der Waals surface area (Å²) in [4.78, 5) is 0. The van der Waals surface area contributed by atoms with Gasteiger partial charge in [-0.1, -0.05) is 170 Å². The van der Waals surface area contributed by atoms with Crippen molar-refractivity contribution in [3.8, 4) is 0 Å². The molecule has 0 aliphatic rings. The van der Waals surface area contributed by atoms with Crippen LogP contribution in [0.5, 0.6) is 0 Å². The molecule has 0 nitrogen and oxygen atoms in total. The van der Waals surface area contributed by atoms with Crippen LogP contribution in [0.4, 0.5) is 0 Å². The van der Waals surface area contributed by atoms with Gasteiger partial charge in [0.2, 0.25) is 0 Å². The van der Waals surface area contributed by atoms with Crippen LogP contribution in [0.15, 0.2) is 91.0 Å². The summed E-state index contributed by atoms with van der Waals surface area (Å²) < 4.78 is 0. The zero-order valence-corrected chi connectivity index (χ0v) is 24.7. The van der Waals surface area contributed by atoms with Crippen LogP contribution >= 0.6 is 0 Å². The summed E-state index contributed by atoms with van der Waals surface area (Å²) in [6, 6.07) is 31.6. The number of hydrogen-bond donors (Lipinski definition) is 0. The summed E-state index contributed by atoms with van der Waals surface area (Å²) in [5, 5.41) is 4.28. The van der Waals surface area contributed by atoms with Gasteiger partial charge in [0.25, 0.3) is 0 Å². The molecule has 0 bridgehead atoms. The third-order valence-electron chi connectivity index (χ3n) is 4.67. The van der Waals surface area contributed by atoms with E-state index in [0.29, 0.717) is 0 Å². The minimum absolute atomic E-state index is 0. The molecular weight excluding hydrogens is 584 g/mol. The summed E-state index contributed by atoms with van der Waals surface area (Å²) in [6.07, 6.45) is 0. The van der Waals surface area contributed by atoms with Crippen LogP contribution in [-0.2, 0) is 0 Å². The first-order valence-electron chi connectivity index (χ1n) is 10.5. The fourth-order valence-corrected chi connectivity index (χ4v) is 5.95. The van der Waals surface area contributed by atoms with Crippen molar-refractivity contribution in [2.75, 3.05) is 0 Å². The predicted octanol–water partition coefficient (Wildman–Crippen LogP) is 5.93. The summed E-state index contributed by atoms with van der Waals surface area (Å²) >= 11 is 0. The summed E-state index contributed by atoms with van der Waals surface area (Å²) in [7, 11) is -3.85. The Kier molecular flexibility index (Phi) is 13.7. The number of benzene rings is 3. The molecule has 0 aromatic heterocycles. The first-order chi connectivity index (χ1) is 13.8. The molecule has 0 saturated heterocycles. The van der Waals surface area contributed by atoms with Gasteiger partial charge in [-0.15, -0.1) is 0 Å². The number of hydrogen-bond acceptors (Lipinski definition) is 0. The van der Waals surface area contributed by atoms with Crippen molar-refractivity contribution < 1.29 is 36.9 Å². The second-order valence-corrected chi connectivity index (χ2v) is 22.8. The topological polar surface area (TPSA) is 0 Å². The zero-order valence-electron chi connectivity index (χ0n) is 20.0. The molecule has 0 N–H and O–H groups in total. The van der Waals surface area contributed by atoms with Crippen molar-refractivity contribution in [3.63, 3.8) is 0 Å². The molecule has 3 aromatic carbocycles. The van der Waals surface area contributed by atoms with E-state index in [1.165, 1.54) is 15.6 Å². The maximum Gasteiger partial charge on any atom is 3.00 e. The fourth-order valence-electron chi connectivity index (χ4n) is 2.67. The second kappa shape index (κ2) is 13.9. The molecule has 3 aromatic rings. The Bertz CT molecular complexity index is 711. The molecule has 0 atom stereocenters. The van der Waals surface area contributed by atoms with Gasteiger partial charge in [0.05, 0.1) is 0 Å². The average molecular weight is 623 g/mol. The Labute approximate surface area is 224 Å². The van der Waals surface area contributed by atoms with Crippen molar-refractivity contribution in [3.05, 3.63) is 111 Å². The molecule has 0 spiro atoms. The van der Waals surface area contributed by atoms with Gasteiger partial charge in [-0.3, -0.25) is 0 Å². The molecule has 0 aliphatic carbocycles. The molecule has 0 heterocycles. The minimum atomic E-state index is -1.28. The Hall–Kier alpha value is -0.456. The van der Waals surface area contributed by atoms with Crippen LogP contribution < -0.4 is 15.6 Å². The first kappa shape index (κ1) is 30.5. The summed E-state index contributed by atoms with van der Waals surface area (Å²) in [6.45, 7) is 26.1. The SMILES string of the molecule is [CH2-][Si](C)(C)c1ccccc1.[CH2-][Si](C)(C)c1ccccc1.[CH2-][Si](C)(C)c1ccccc1.[Lu+3]. The zero-order chi connectivity index (χ0) is 22.8. The fraction of sp³-hybridized carbons (Fsp3) is 0.222. The molecule has 0 amide bonds. The predicted molar refractivity (Wildman–Crippen MR) is 147 cm³/mol. The standard InChI is InChI=1S/3C9H13Si.Lu/c3*1-10(2,3)9-7-5-4-6-8-9;/h3*4-8H,1H2,2-3H3;/q3*-1;+3. The summed E-state index contributed by atoms with van der Waals surface area (Å²) in [5.41, 5.74) is 0. The summed E-state index contributed by atoms with van der Waals surface area (Å²) in [5.74, 6) is 0. The Morgan fingerprint density at radius 1 is 0.387 bits per heavy atom. The van der Waals surface area contributed by atoms with E-state index in [4.69, 9.17) is 0 Å². The van der Waals surface area contributed by atoms with Crippen LogP contribution in [0, 0.1) is 56.5 Å². The molecule has 0 radical (unpaired) electrons. The van der Waals surface area contributed by atoms with Crippen molar-refractivity contribution in [2.24, 2.45) is 0 Å². The van der Waals surface area contributed by atoms with Gasteiger partial charge in [-0.25, -0.2) is 0 Å². The van der Waals surface area contributed by atoms with Crippen molar-refractivity contribution in [1.82, 2.24) is 0 Å². The normalized spacial score (nSPS) is 11.1. The van der Waals surface area contributed by atoms with E-state index < -0.39 is 24.2 Å². The third-order valence-corrected chi connectivity index (χ3v) is 10.4. The van der Waals surface area contributed by atoms with E-state index in [1.807, 2.05) is 18.2 Å². The Morgan fingerprint density at radius 2 is 0.548 bits per heavy atom. The van der Waals surface area contributed by atoms with Crippen LogP contribution in [-0.4, -0.2) is 24.2 Å². The maximum absolute atomic E-state index is 4.18. The largest absolute Gasteiger partial charge is 3.00 e. The van der Waals surface area contributed by atoms with Crippen LogP contribution in [0.3, 0.4) is 0 Å². The van der Waals surface area contributed by atoms with Crippen molar-refractivity contribution in [2.45, 2.75) is 39.3 Å². The molecule has 3 rings (SSSR count).